The van der Waals surface area contributed by atoms with Crippen molar-refractivity contribution in [2.45, 2.75) is 9.99 Å². The molecular formula is C15H12O4S. The summed E-state index contributed by atoms with van der Waals surface area (Å²) < 4.78 is 35.4. The largest absolute Gasteiger partial charge is 0.497 e. The van der Waals surface area contributed by atoms with E-state index in [0.717, 1.165) is 5.39 Å². The molecule has 0 amide bonds. The highest BCUT2D eigenvalue weighted by Gasteiger charge is 2.22. The molecule has 0 radical (unpaired) electrons. The Morgan fingerprint density at radius 3 is 2.35 bits per heavy atom. The normalized spacial score (nSPS) is 11.7. The second-order valence-electron chi connectivity index (χ2n) is 4.28. The van der Waals surface area contributed by atoms with Crippen LogP contribution in [0, 0.1) is 0 Å². The van der Waals surface area contributed by atoms with Crippen LogP contribution in [-0.4, -0.2) is 15.5 Å². The third kappa shape index (κ3) is 2.06. The number of sulfone groups is 1. The molecule has 3 rings (SSSR count). The molecule has 0 unspecified atom stereocenters. The number of hydrogen-bond acceptors (Lipinski definition) is 4. The molecule has 2 aromatic carbocycles. The standard InChI is InChI=1S/C15H12O4S/c1-18-12-6-8-13(9-7-12)20(16,17)15-10-11-4-2-3-5-14(11)19-15/h2-10H,1H3. The van der Waals surface area contributed by atoms with Gasteiger partial charge in [-0.25, -0.2) is 8.42 Å². The first kappa shape index (κ1) is 12.7. The quantitative estimate of drug-likeness (QED) is 0.742. The Morgan fingerprint density at radius 1 is 1.00 bits per heavy atom. The van der Waals surface area contributed by atoms with Gasteiger partial charge in [0.1, 0.15) is 11.3 Å². The van der Waals surface area contributed by atoms with Crippen LogP contribution in [0.3, 0.4) is 0 Å². The van der Waals surface area contributed by atoms with Gasteiger partial charge < -0.3 is 9.15 Å². The summed E-state index contributed by atoms with van der Waals surface area (Å²) in [7, 11) is -2.12. The average molecular weight is 288 g/mol. The van der Waals surface area contributed by atoms with E-state index in [-0.39, 0.29) is 9.99 Å². The van der Waals surface area contributed by atoms with Gasteiger partial charge in [0.05, 0.1) is 12.0 Å². The van der Waals surface area contributed by atoms with E-state index in [0.29, 0.717) is 11.3 Å². The van der Waals surface area contributed by atoms with Crippen molar-refractivity contribution in [3.05, 3.63) is 54.6 Å². The maximum absolute atomic E-state index is 12.5. The summed E-state index contributed by atoms with van der Waals surface area (Å²) in [6.45, 7) is 0. The molecule has 3 aromatic rings. The van der Waals surface area contributed by atoms with Crippen LogP contribution >= 0.6 is 0 Å². The van der Waals surface area contributed by atoms with Crippen molar-refractivity contribution in [2.24, 2.45) is 0 Å². The van der Waals surface area contributed by atoms with Gasteiger partial charge in [-0.15, -0.1) is 0 Å². The predicted molar refractivity (Wildman–Crippen MR) is 74.7 cm³/mol. The molecule has 4 nitrogen and oxygen atoms in total. The number of furan rings is 1. The van der Waals surface area contributed by atoms with Crippen LogP contribution in [-0.2, 0) is 9.84 Å². The van der Waals surface area contributed by atoms with Gasteiger partial charge in [-0.05, 0) is 30.3 Å². The van der Waals surface area contributed by atoms with Crippen LogP contribution in [0.25, 0.3) is 11.0 Å². The van der Waals surface area contributed by atoms with Gasteiger partial charge in [-0.3, -0.25) is 0 Å². The topological polar surface area (TPSA) is 56.5 Å². The van der Waals surface area contributed by atoms with Crippen molar-refractivity contribution >= 4 is 20.8 Å². The summed E-state index contributed by atoms with van der Waals surface area (Å²) in [5.74, 6) is 0.605. The molecule has 0 spiro atoms. The number of benzene rings is 2. The van der Waals surface area contributed by atoms with Crippen molar-refractivity contribution in [1.82, 2.24) is 0 Å². The molecule has 0 fully saturated rings. The molecule has 1 aromatic heterocycles. The summed E-state index contributed by atoms with van der Waals surface area (Å²) in [4.78, 5) is 0.178. The monoisotopic (exact) mass is 288 g/mol. The van der Waals surface area contributed by atoms with E-state index in [4.69, 9.17) is 9.15 Å². The Balaban J connectivity index is 2.10. The maximum Gasteiger partial charge on any atom is 0.239 e. The van der Waals surface area contributed by atoms with E-state index in [9.17, 15) is 8.42 Å². The van der Waals surface area contributed by atoms with Gasteiger partial charge in [-0.1, -0.05) is 18.2 Å². The zero-order valence-corrected chi connectivity index (χ0v) is 11.6. The average Bonchev–Trinajstić information content (AvgIpc) is 2.92. The third-order valence-electron chi connectivity index (χ3n) is 3.04. The van der Waals surface area contributed by atoms with Crippen molar-refractivity contribution < 1.29 is 17.6 Å². The number of methoxy groups -OCH3 is 1. The Bertz CT molecular complexity index is 812. The summed E-state index contributed by atoms with van der Waals surface area (Å²) >= 11 is 0. The van der Waals surface area contributed by atoms with Gasteiger partial charge >= 0.3 is 0 Å². The molecule has 5 heteroatoms. The minimum absolute atomic E-state index is 0.0520. The van der Waals surface area contributed by atoms with Crippen LogP contribution < -0.4 is 4.74 Å². The fourth-order valence-electron chi connectivity index (χ4n) is 1.96. The number of para-hydroxylation sites is 1. The van der Waals surface area contributed by atoms with Crippen LogP contribution in [0.4, 0.5) is 0 Å². The van der Waals surface area contributed by atoms with Crippen molar-refractivity contribution in [3.8, 4) is 5.75 Å². The summed E-state index contributed by atoms with van der Waals surface area (Å²) in [6, 6.07) is 14.9. The lowest BCUT2D eigenvalue weighted by Gasteiger charge is -2.02. The molecule has 0 aliphatic heterocycles. The maximum atomic E-state index is 12.5. The molecule has 0 atom stereocenters. The SMILES string of the molecule is COc1ccc(S(=O)(=O)c2cc3ccccc3o2)cc1. The highest BCUT2D eigenvalue weighted by molar-refractivity contribution is 7.91. The van der Waals surface area contributed by atoms with Crippen LogP contribution in [0.2, 0.25) is 0 Å². The summed E-state index contributed by atoms with van der Waals surface area (Å²) in [6.07, 6.45) is 0. The summed E-state index contributed by atoms with van der Waals surface area (Å²) in [5, 5.41) is 0.712. The van der Waals surface area contributed by atoms with E-state index in [2.05, 4.69) is 0 Å². The third-order valence-corrected chi connectivity index (χ3v) is 4.66. The zero-order valence-electron chi connectivity index (χ0n) is 10.7. The predicted octanol–water partition coefficient (Wildman–Crippen LogP) is 3.27. The number of fused-ring (bicyclic) bond motifs is 1. The van der Waals surface area contributed by atoms with Crippen LogP contribution in [0.15, 0.2) is 69.0 Å². The minimum atomic E-state index is -3.65. The second kappa shape index (κ2) is 4.68. The van der Waals surface area contributed by atoms with Crippen molar-refractivity contribution in [3.63, 3.8) is 0 Å². The molecule has 20 heavy (non-hydrogen) atoms. The lowest BCUT2D eigenvalue weighted by molar-refractivity contribution is 0.414. The fourth-order valence-corrected chi connectivity index (χ4v) is 3.17. The zero-order chi connectivity index (χ0) is 14.2. The van der Waals surface area contributed by atoms with E-state index in [1.807, 2.05) is 12.1 Å². The molecular weight excluding hydrogens is 276 g/mol. The molecule has 0 aliphatic carbocycles. The highest BCUT2D eigenvalue weighted by Crippen LogP contribution is 2.28. The molecule has 0 N–H and O–H groups in total. The van der Waals surface area contributed by atoms with Crippen molar-refractivity contribution in [2.75, 3.05) is 7.11 Å². The smallest absolute Gasteiger partial charge is 0.239 e. The van der Waals surface area contributed by atoms with Gasteiger partial charge in [-0.2, -0.15) is 0 Å². The lowest BCUT2D eigenvalue weighted by Crippen LogP contribution is -2.00. The Labute approximate surface area is 116 Å². The first-order valence-electron chi connectivity index (χ1n) is 5.99. The van der Waals surface area contributed by atoms with Crippen LogP contribution in [0.1, 0.15) is 0 Å². The molecule has 1 heterocycles. The number of ether oxygens (including phenoxy) is 1. The van der Waals surface area contributed by atoms with Gasteiger partial charge in [0.25, 0.3) is 0 Å². The fraction of sp³-hybridized carbons (Fsp3) is 0.0667. The highest BCUT2D eigenvalue weighted by atomic mass is 32.2. The number of hydrogen-bond donors (Lipinski definition) is 0. The van der Waals surface area contributed by atoms with E-state index in [1.54, 1.807) is 24.3 Å². The Hall–Kier alpha value is -2.27. The van der Waals surface area contributed by atoms with E-state index >= 15 is 0 Å². The first-order chi connectivity index (χ1) is 9.61. The molecule has 0 bridgehead atoms. The van der Waals surface area contributed by atoms with Crippen molar-refractivity contribution in [1.29, 1.82) is 0 Å². The van der Waals surface area contributed by atoms with E-state index in [1.165, 1.54) is 25.3 Å². The molecule has 102 valence electrons. The lowest BCUT2D eigenvalue weighted by atomic mass is 10.3. The number of rotatable bonds is 3. The minimum Gasteiger partial charge on any atom is -0.497 e. The van der Waals surface area contributed by atoms with Crippen LogP contribution in [0.5, 0.6) is 5.75 Å². The summed E-state index contributed by atoms with van der Waals surface area (Å²) in [5.41, 5.74) is 0.555. The molecule has 0 saturated heterocycles. The second-order valence-corrected chi connectivity index (χ2v) is 6.16. The van der Waals surface area contributed by atoms with E-state index < -0.39 is 9.84 Å². The first-order valence-corrected chi connectivity index (χ1v) is 7.47. The molecule has 0 aliphatic rings. The Morgan fingerprint density at radius 2 is 1.70 bits per heavy atom. The molecule has 0 saturated carbocycles. The van der Waals surface area contributed by atoms with Gasteiger partial charge in [0, 0.05) is 11.5 Å². The van der Waals surface area contributed by atoms with Gasteiger partial charge in [0.2, 0.25) is 14.9 Å². The Kier molecular flexibility index (Phi) is 2.99. The van der Waals surface area contributed by atoms with Gasteiger partial charge in [0.15, 0.2) is 0 Å².